The van der Waals surface area contributed by atoms with Gasteiger partial charge in [-0.1, -0.05) is 12.1 Å². The maximum absolute atomic E-state index is 13.0. The molecule has 3 amide bonds. The van der Waals surface area contributed by atoms with Crippen LogP contribution in [-0.4, -0.2) is 24.3 Å². The summed E-state index contributed by atoms with van der Waals surface area (Å²) in [6.45, 7) is 2.59. The molecule has 3 aromatic carbocycles. The number of halogens is 1. The minimum atomic E-state index is -0.398. The van der Waals surface area contributed by atoms with Crippen LogP contribution in [-0.2, 0) is 4.79 Å². The van der Waals surface area contributed by atoms with Crippen molar-refractivity contribution in [2.45, 2.75) is 32.2 Å². The summed E-state index contributed by atoms with van der Waals surface area (Å²) >= 11 is 0. The van der Waals surface area contributed by atoms with Gasteiger partial charge in [-0.15, -0.1) is 0 Å². The Morgan fingerprint density at radius 1 is 0.853 bits per heavy atom. The topological polar surface area (TPSA) is 78.5 Å². The van der Waals surface area contributed by atoms with Gasteiger partial charge in [0.1, 0.15) is 5.82 Å². The number of carbonyl (C=O) groups is 3. The van der Waals surface area contributed by atoms with Crippen LogP contribution in [0.3, 0.4) is 0 Å². The first kappa shape index (κ1) is 23.2. The number of piperidine rings is 1. The molecule has 6 nitrogen and oxygen atoms in total. The molecule has 0 saturated carbocycles. The predicted octanol–water partition coefficient (Wildman–Crippen LogP) is 5.09. The van der Waals surface area contributed by atoms with Crippen molar-refractivity contribution < 1.29 is 18.8 Å². The third-order valence-electron chi connectivity index (χ3n) is 5.89. The van der Waals surface area contributed by atoms with Gasteiger partial charge in [-0.05, 0) is 86.0 Å². The highest BCUT2D eigenvalue weighted by molar-refractivity contribution is 6.04. The highest BCUT2D eigenvalue weighted by Gasteiger charge is 2.20. The number of hydrogen-bond donors (Lipinski definition) is 2. The molecule has 2 N–H and O–H groups in total. The van der Waals surface area contributed by atoms with Crippen LogP contribution < -0.4 is 15.5 Å². The lowest BCUT2D eigenvalue weighted by Gasteiger charge is -2.26. The quantitative estimate of drug-likeness (QED) is 0.539. The highest BCUT2D eigenvalue weighted by atomic mass is 19.1. The molecular formula is C27H26FN3O3. The van der Waals surface area contributed by atoms with Crippen LogP contribution in [0.15, 0.2) is 72.8 Å². The fourth-order valence-electron chi connectivity index (χ4n) is 3.89. The van der Waals surface area contributed by atoms with Crippen LogP contribution in [0.1, 0.15) is 58.5 Å². The van der Waals surface area contributed by atoms with E-state index in [2.05, 4.69) is 10.6 Å². The van der Waals surface area contributed by atoms with Crippen LogP contribution in [0, 0.1) is 5.82 Å². The van der Waals surface area contributed by atoms with Crippen molar-refractivity contribution in [2.24, 2.45) is 0 Å². The van der Waals surface area contributed by atoms with E-state index in [0.717, 1.165) is 24.1 Å². The fourth-order valence-corrected chi connectivity index (χ4v) is 3.89. The molecule has 0 aromatic heterocycles. The van der Waals surface area contributed by atoms with E-state index in [1.807, 2.05) is 19.1 Å². The number of benzene rings is 3. The lowest BCUT2D eigenvalue weighted by Crippen LogP contribution is -2.35. The molecule has 0 spiro atoms. The number of nitrogens with one attached hydrogen (secondary N) is 2. The van der Waals surface area contributed by atoms with Crippen molar-refractivity contribution in [3.8, 4) is 0 Å². The normalized spacial score (nSPS) is 14.4. The van der Waals surface area contributed by atoms with Gasteiger partial charge in [-0.25, -0.2) is 4.39 Å². The molecule has 3 aromatic rings. The van der Waals surface area contributed by atoms with Crippen molar-refractivity contribution in [2.75, 3.05) is 16.8 Å². The number of amides is 3. The van der Waals surface area contributed by atoms with Gasteiger partial charge in [-0.2, -0.15) is 0 Å². The molecule has 1 heterocycles. The van der Waals surface area contributed by atoms with Gasteiger partial charge >= 0.3 is 0 Å². The van der Waals surface area contributed by atoms with Crippen molar-refractivity contribution in [3.63, 3.8) is 0 Å². The minimum absolute atomic E-state index is 0.120. The van der Waals surface area contributed by atoms with Crippen LogP contribution >= 0.6 is 0 Å². The summed E-state index contributed by atoms with van der Waals surface area (Å²) in [5.74, 6) is -0.819. The summed E-state index contributed by atoms with van der Waals surface area (Å²) in [7, 11) is 0. The monoisotopic (exact) mass is 459 g/mol. The van der Waals surface area contributed by atoms with Crippen LogP contribution in [0.25, 0.3) is 0 Å². The molecular weight excluding hydrogens is 433 g/mol. The summed E-state index contributed by atoms with van der Waals surface area (Å²) in [5.41, 5.74) is 3.17. The van der Waals surface area contributed by atoms with E-state index in [-0.39, 0.29) is 23.8 Å². The van der Waals surface area contributed by atoms with Gasteiger partial charge in [0.15, 0.2) is 0 Å². The van der Waals surface area contributed by atoms with E-state index >= 15 is 0 Å². The van der Waals surface area contributed by atoms with E-state index in [4.69, 9.17) is 0 Å². The molecule has 174 valence electrons. The van der Waals surface area contributed by atoms with Crippen molar-refractivity contribution >= 4 is 29.1 Å². The Labute approximate surface area is 197 Å². The second-order valence-corrected chi connectivity index (χ2v) is 8.33. The summed E-state index contributed by atoms with van der Waals surface area (Å²) < 4.78 is 13.0. The zero-order valence-corrected chi connectivity index (χ0v) is 18.9. The molecule has 1 saturated heterocycles. The predicted molar refractivity (Wildman–Crippen MR) is 129 cm³/mol. The number of anilines is 2. The van der Waals surface area contributed by atoms with Crippen molar-refractivity contribution in [3.05, 3.63) is 95.3 Å². The lowest BCUT2D eigenvalue weighted by atomic mass is 10.1. The fraction of sp³-hybridized carbons (Fsp3) is 0.222. The van der Waals surface area contributed by atoms with E-state index in [0.29, 0.717) is 29.8 Å². The van der Waals surface area contributed by atoms with Crippen LogP contribution in [0.5, 0.6) is 0 Å². The summed E-state index contributed by atoms with van der Waals surface area (Å²) in [5, 5.41) is 5.74. The largest absolute Gasteiger partial charge is 0.346 e. The van der Waals surface area contributed by atoms with Crippen LogP contribution in [0.2, 0.25) is 0 Å². The van der Waals surface area contributed by atoms with E-state index in [9.17, 15) is 18.8 Å². The first-order valence-corrected chi connectivity index (χ1v) is 11.3. The van der Waals surface area contributed by atoms with Gasteiger partial charge in [0, 0.05) is 35.5 Å². The number of hydrogen-bond acceptors (Lipinski definition) is 3. The molecule has 0 radical (unpaired) electrons. The maximum Gasteiger partial charge on any atom is 0.255 e. The smallest absolute Gasteiger partial charge is 0.255 e. The van der Waals surface area contributed by atoms with Gasteiger partial charge in [0.2, 0.25) is 5.91 Å². The third kappa shape index (κ3) is 5.49. The third-order valence-corrected chi connectivity index (χ3v) is 5.89. The van der Waals surface area contributed by atoms with Crippen molar-refractivity contribution in [1.29, 1.82) is 0 Å². The van der Waals surface area contributed by atoms with Crippen LogP contribution in [0.4, 0.5) is 15.8 Å². The number of rotatable bonds is 6. The second kappa shape index (κ2) is 10.3. The first-order chi connectivity index (χ1) is 16.4. The van der Waals surface area contributed by atoms with E-state index in [1.165, 1.54) is 24.3 Å². The molecule has 1 fully saturated rings. The Kier molecular flexibility index (Phi) is 7.01. The molecule has 0 aliphatic carbocycles. The average molecular weight is 460 g/mol. The van der Waals surface area contributed by atoms with E-state index < -0.39 is 5.82 Å². The molecule has 0 bridgehead atoms. The van der Waals surface area contributed by atoms with Gasteiger partial charge in [-0.3, -0.25) is 14.4 Å². The van der Waals surface area contributed by atoms with Gasteiger partial charge in [0.05, 0.1) is 6.04 Å². The van der Waals surface area contributed by atoms with E-state index in [1.54, 1.807) is 41.3 Å². The molecule has 1 unspecified atom stereocenters. The summed E-state index contributed by atoms with van der Waals surface area (Å²) in [4.78, 5) is 38.8. The Hall–Kier alpha value is -4.00. The maximum atomic E-state index is 13.0. The molecule has 7 heteroatoms. The Morgan fingerprint density at radius 2 is 1.47 bits per heavy atom. The van der Waals surface area contributed by atoms with Crippen molar-refractivity contribution in [1.82, 2.24) is 5.32 Å². The zero-order chi connectivity index (χ0) is 24.1. The highest BCUT2D eigenvalue weighted by Crippen LogP contribution is 2.22. The second-order valence-electron chi connectivity index (χ2n) is 8.33. The molecule has 34 heavy (non-hydrogen) atoms. The molecule has 1 atom stereocenters. The number of carbonyl (C=O) groups excluding carboxylic acids is 3. The Morgan fingerprint density at radius 3 is 2.12 bits per heavy atom. The average Bonchev–Trinajstić information content (AvgIpc) is 2.85. The summed E-state index contributed by atoms with van der Waals surface area (Å²) in [6.07, 6.45) is 2.48. The minimum Gasteiger partial charge on any atom is -0.346 e. The Bertz CT molecular complexity index is 1180. The molecule has 1 aliphatic heterocycles. The Balaban J connectivity index is 1.34. The molecule has 4 rings (SSSR count). The standard InChI is InChI=1S/C27H26FN3O3/c1-18(19-7-13-23(14-8-19)30-27(34)20-5-11-22(28)12-6-20)29-26(33)21-9-15-24(16-10-21)31-17-3-2-4-25(31)32/h5-16,18H,2-4,17H2,1H3,(H,29,33)(H,30,34). The first-order valence-electron chi connectivity index (χ1n) is 11.3. The summed E-state index contributed by atoms with van der Waals surface area (Å²) in [6, 6.07) is 19.3. The molecule has 1 aliphatic rings. The lowest BCUT2D eigenvalue weighted by molar-refractivity contribution is -0.119. The van der Waals surface area contributed by atoms with Gasteiger partial charge < -0.3 is 15.5 Å². The van der Waals surface area contributed by atoms with Gasteiger partial charge in [0.25, 0.3) is 11.8 Å². The zero-order valence-electron chi connectivity index (χ0n) is 18.9. The number of nitrogens with zero attached hydrogens (tertiary/aromatic N) is 1. The SMILES string of the molecule is CC(NC(=O)c1ccc(N2CCCCC2=O)cc1)c1ccc(NC(=O)c2ccc(F)cc2)cc1.